The highest BCUT2D eigenvalue weighted by Crippen LogP contribution is 2.37. The van der Waals surface area contributed by atoms with Gasteiger partial charge in [0.25, 0.3) is 5.89 Å². The highest BCUT2D eigenvalue weighted by Gasteiger charge is 2.21. The molecule has 0 aliphatic carbocycles. The molecular formula is C16H12ClFN6O. The van der Waals surface area contributed by atoms with Crippen molar-refractivity contribution in [2.45, 2.75) is 6.92 Å². The Morgan fingerprint density at radius 3 is 2.84 bits per heavy atom. The van der Waals surface area contributed by atoms with Gasteiger partial charge in [-0.2, -0.15) is 0 Å². The fourth-order valence-electron chi connectivity index (χ4n) is 2.58. The van der Waals surface area contributed by atoms with Crippen LogP contribution in [-0.2, 0) is 0 Å². The highest BCUT2D eigenvalue weighted by molar-refractivity contribution is 6.30. The number of H-pyrrole nitrogens is 1. The minimum Gasteiger partial charge on any atom is -0.403 e. The van der Waals surface area contributed by atoms with Crippen LogP contribution in [0.2, 0.25) is 5.02 Å². The Morgan fingerprint density at radius 2 is 2.12 bits per heavy atom. The first-order valence-corrected chi connectivity index (χ1v) is 7.69. The van der Waals surface area contributed by atoms with Crippen molar-refractivity contribution in [1.82, 2.24) is 20.2 Å². The number of aromatic nitrogens is 4. The lowest BCUT2D eigenvalue weighted by atomic mass is 10.1. The molecule has 9 heteroatoms. The molecule has 0 fully saturated rings. The number of nitrogens with one attached hydrogen (secondary N) is 2. The van der Waals surface area contributed by atoms with Gasteiger partial charge in [-0.15, -0.1) is 5.10 Å². The standard InChI is InChI=1S/C16H12ClFN6O/c1-7-4-8(17)2-3-10(7)22-13-9(15-23-24-16(19)25-15)5-11-14(12(13)18)21-6-20-11/h2-6,22H,1H3,(H2,19,24)(H,20,21). The van der Waals surface area contributed by atoms with Crippen LogP contribution in [0.25, 0.3) is 22.5 Å². The SMILES string of the molecule is Cc1cc(Cl)ccc1Nc1c(-c2nnc(N)o2)cc2[nH]cnc2c1F. The van der Waals surface area contributed by atoms with Crippen molar-refractivity contribution in [3.8, 4) is 11.5 Å². The normalized spacial score (nSPS) is 11.2. The first-order chi connectivity index (χ1) is 12.0. The maximum absolute atomic E-state index is 15.1. The van der Waals surface area contributed by atoms with Crippen LogP contribution in [-0.4, -0.2) is 20.2 Å². The maximum atomic E-state index is 15.1. The van der Waals surface area contributed by atoms with Gasteiger partial charge in [0.2, 0.25) is 0 Å². The summed E-state index contributed by atoms with van der Waals surface area (Å²) in [5, 5.41) is 11.2. The van der Waals surface area contributed by atoms with Crippen LogP contribution in [0, 0.1) is 12.7 Å². The fourth-order valence-corrected chi connectivity index (χ4v) is 2.81. The van der Waals surface area contributed by atoms with Crippen molar-refractivity contribution in [2.24, 2.45) is 0 Å². The number of hydrogen-bond donors (Lipinski definition) is 3. The molecule has 0 spiro atoms. The number of aryl methyl sites for hydroxylation is 1. The summed E-state index contributed by atoms with van der Waals surface area (Å²) in [7, 11) is 0. The topological polar surface area (TPSA) is 106 Å². The van der Waals surface area contributed by atoms with Gasteiger partial charge < -0.3 is 20.5 Å². The number of fused-ring (bicyclic) bond motifs is 1. The summed E-state index contributed by atoms with van der Waals surface area (Å²) in [4.78, 5) is 6.88. The van der Waals surface area contributed by atoms with Gasteiger partial charge in [-0.25, -0.2) is 9.37 Å². The zero-order valence-corrected chi connectivity index (χ0v) is 13.7. The predicted molar refractivity (Wildman–Crippen MR) is 93.2 cm³/mol. The third-order valence-electron chi connectivity index (χ3n) is 3.77. The Labute approximate surface area is 146 Å². The third kappa shape index (κ3) is 2.66. The molecule has 0 aliphatic rings. The molecule has 2 aromatic heterocycles. The summed E-state index contributed by atoms with van der Waals surface area (Å²) < 4.78 is 20.3. The second kappa shape index (κ2) is 5.75. The van der Waals surface area contributed by atoms with Crippen molar-refractivity contribution >= 4 is 40.0 Å². The lowest BCUT2D eigenvalue weighted by molar-refractivity contribution is 0.589. The van der Waals surface area contributed by atoms with Crippen molar-refractivity contribution in [3.63, 3.8) is 0 Å². The summed E-state index contributed by atoms with van der Waals surface area (Å²) in [5.41, 5.74) is 8.27. The second-order valence-corrected chi connectivity index (χ2v) is 5.88. The zero-order chi connectivity index (χ0) is 17.6. The molecule has 2 aromatic carbocycles. The largest absolute Gasteiger partial charge is 0.403 e. The Bertz CT molecular complexity index is 1090. The Balaban J connectivity index is 1.92. The van der Waals surface area contributed by atoms with E-state index in [2.05, 4.69) is 25.5 Å². The fraction of sp³-hybridized carbons (Fsp3) is 0.0625. The number of imidazole rings is 1. The first-order valence-electron chi connectivity index (χ1n) is 7.31. The molecule has 2 heterocycles. The third-order valence-corrected chi connectivity index (χ3v) is 4.01. The van der Waals surface area contributed by atoms with E-state index in [-0.39, 0.29) is 23.1 Å². The minimum atomic E-state index is -0.542. The van der Waals surface area contributed by atoms with E-state index < -0.39 is 5.82 Å². The molecule has 4 rings (SSSR count). The summed E-state index contributed by atoms with van der Waals surface area (Å²) in [6.45, 7) is 1.86. The molecule has 0 saturated heterocycles. The van der Waals surface area contributed by atoms with E-state index in [1.54, 1.807) is 24.3 Å². The van der Waals surface area contributed by atoms with Gasteiger partial charge in [-0.3, -0.25) is 0 Å². The molecule has 0 unspecified atom stereocenters. The van der Waals surface area contributed by atoms with E-state index >= 15 is 4.39 Å². The first kappa shape index (κ1) is 15.4. The Kier molecular flexibility index (Phi) is 3.54. The molecule has 0 saturated carbocycles. The average molecular weight is 359 g/mol. The number of rotatable bonds is 3. The van der Waals surface area contributed by atoms with E-state index in [1.165, 1.54) is 6.33 Å². The van der Waals surface area contributed by atoms with Gasteiger partial charge in [-0.1, -0.05) is 16.7 Å². The smallest absolute Gasteiger partial charge is 0.313 e. The molecule has 4 N–H and O–H groups in total. The minimum absolute atomic E-state index is 0.0991. The Hall–Kier alpha value is -3.13. The molecular weight excluding hydrogens is 347 g/mol. The molecule has 0 bridgehead atoms. The maximum Gasteiger partial charge on any atom is 0.313 e. The molecule has 0 amide bonds. The molecule has 0 aliphatic heterocycles. The predicted octanol–water partition coefficient (Wildman–Crippen LogP) is 4.04. The van der Waals surface area contributed by atoms with Gasteiger partial charge in [0.05, 0.1) is 23.1 Å². The van der Waals surface area contributed by atoms with Crippen LogP contribution in [0.5, 0.6) is 0 Å². The number of benzene rings is 2. The Morgan fingerprint density at radius 1 is 1.28 bits per heavy atom. The van der Waals surface area contributed by atoms with Crippen molar-refractivity contribution < 1.29 is 8.81 Å². The van der Waals surface area contributed by atoms with E-state index in [9.17, 15) is 0 Å². The van der Waals surface area contributed by atoms with Crippen LogP contribution in [0.4, 0.5) is 21.8 Å². The van der Waals surface area contributed by atoms with Crippen LogP contribution in [0.3, 0.4) is 0 Å². The summed E-state index contributed by atoms with van der Waals surface area (Å²) >= 11 is 5.98. The number of nitrogens with zero attached hydrogens (tertiary/aromatic N) is 3. The number of anilines is 3. The molecule has 7 nitrogen and oxygen atoms in total. The number of hydrogen-bond acceptors (Lipinski definition) is 6. The number of nitrogen functional groups attached to an aromatic ring is 1. The number of aromatic amines is 1. The van der Waals surface area contributed by atoms with Gasteiger partial charge in [-0.05, 0) is 36.8 Å². The quantitative estimate of drug-likeness (QED) is 0.510. The van der Waals surface area contributed by atoms with Gasteiger partial charge in [0, 0.05) is 10.7 Å². The molecule has 25 heavy (non-hydrogen) atoms. The second-order valence-electron chi connectivity index (χ2n) is 5.44. The van der Waals surface area contributed by atoms with E-state index in [1.807, 2.05) is 6.92 Å². The van der Waals surface area contributed by atoms with Crippen molar-refractivity contribution in [2.75, 3.05) is 11.1 Å². The van der Waals surface area contributed by atoms with Crippen LogP contribution < -0.4 is 11.1 Å². The lowest BCUT2D eigenvalue weighted by Gasteiger charge is -2.14. The van der Waals surface area contributed by atoms with E-state index in [0.717, 1.165) is 5.56 Å². The average Bonchev–Trinajstić information content (AvgIpc) is 3.20. The van der Waals surface area contributed by atoms with Gasteiger partial charge >= 0.3 is 6.01 Å². The highest BCUT2D eigenvalue weighted by atomic mass is 35.5. The van der Waals surface area contributed by atoms with E-state index in [0.29, 0.717) is 21.8 Å². The molecule has 0 radical (unpaired) electrons. The van der Waals surface area contributed by atoms with Crippen LogP contribution in [0.15, 0.2) is 35.0 Å². The summed E-state index contributed by atoms with van der Waals surface area (Å²) in [5.74, 6) is -0.443. The monoisotopic (exact) mass is 358 g/mol. The molecule has 126 valence electrons. The number of nitrogens with two attached hydrogens (primary N) is 1. The lowest BCUT2D eigenvalue weighted by Crippen LogP contribution is -2.00. The van der Waals surface area contributed by atoms with Gasteiger partial charge in [0.1, 0.15) is 5.52 Å². The summed E-state index contributed by atoms with van der Waals surface area (Å²) in [6.07, 6.45) is 1.41. The van der Waals surface area contributed by atoms with Crippen molar-refractivity contribution in [3.05, 3.63) is 47.0 Å². The van der Waals surface area contributed by atoms with Crippen molar-refractivity contribution in [1.29, 1.82) is 0 Å². The zero-order valence-electron chi connectivity index (χ0n) is 13.0. The molecule has 4 aromatic rings. The van der Waals surface area contributed by atoms with Gasteiger partial charge in [0.15, 0.2) is 5.82 Å². The summed E-state index contributed by atoms with van der Waals surface area (Å²) in [6, 6.07) is 6.82. The van der Waals surface area contributed by atoms with E-state index in [4.69, 9.17) is 21.8 Å². The molecule has 0 atom stereocenters. The number of halogens is 2. The van der Waals surface area contributed by atoms with Crippen LogP contribution in [0.1, 0.15) is 5.56 Å². The van der Waals surface area contributed by atoms with Crippen LogP contribution >= 0.6 is 11.6 Å².